The number of hydrogen-bond acceptors (Lipinski definition) is 13. The molecule has 188 valence electrons. The van der Waals surface area contributed by atoms with Crippen LogP contribution < -0.4 is 33.2 Å². The molecule has 0 spiro atoms. The molecule has 0 aromatic heterocycles. The lowest BCUT2D eigenvalue weighted by Crippen LogP contribution is -2.26. The molecule has 0 unspecified atom stereocenters. The fourth-order valence-electron chi connectivity index (χ4n) is 0.909. The van der Waals surface area contributed by atoms with E-state index in [1.54, 1.807) is 21.1 Å². The average Bonchev–Trinajstić information content (AvgIpc) is 2.52. The Balaban J connectivity index is -0.000000167. The summed E-state index contributed by atoms with van der Waals surface area (Å²) >= 11 is 0. The van der Waals surface area contributed by atoms with E-state index < -0.39 is 43.8 Å². The molecule has 0 heterocycles. The molecule has 0 amide bonds. The zero-order chi connectivity index (χ0) is 26.3. The fourth-order valence-corrected chi connectivity index (χ4v) is 0.909. The Labute approximate surface area is 182 Å². The van der Waals surface area contributed by atoms with Gasteiger partial charge in [0.15, 0.2) is 0 Å². The summed E-state index contributed by atoms with van der Waals surface area (Å²) in [6.45, 7) is 0.207. The van der Waals surface area contributed by atoms with E-state index >= 15 is 0 Å². The van der Waals surface area contributed by atoms with Crippen LogP contribution in [0.4, 0.5) is 0 Å². The van der Waals surface area contributed by atoms with E-state index in [-0.39, 0.29) is 19.6 Å². The van der Waals surface area contributed by atoms with E-state index in [2.05, 4.69) is 30.2 Å². The maximum absolute atomic E-state index is 10.3. The number of likely N-dealkylation sites (N-methyl/N-ethyl adjacent to an activating group) is 3. The second-order valence-corrected chi connectivity index (χ2v) is 5.65. The van der Waals surface area contributed by atoms with Crippen molar-refractivity contribution in [2.75, 3.05) is 40.8 Å². The van der Waals surface area contributed by atoms with Crippen molar-refractivity contribution in [1.29, 1.82) is 16.2 Å². The Kier molecular flexibility index (Phi) is 25.4. The molecule has 0 bridgehead atoms. The van der Waals surface area contributed by atoms with Crippen LogP contribution in [0.15, 0.2) is 0 Å². The van der Waals surface area contributed by atoms with Gasteiger partial charge in [-0.2, -0.15) is 0 Å². The van der Waals surface area contributed by atoms with Gasteiger partial charge < -0.3 is 62.0 Å². The van der Waals surface area contributed by atoms with Gasteiger partial charge in [-0.3, -0.25) is 30.6 Å². The molecule has 0 atom stereocenters. The molecule has 0 radical (unpaired) electrons. The Bertz CT molecular complexity index is 576. The van der Waals surface area contributed by atoms with Crippen molar-refractivity contribution in [3.63, 3.8) is 0 Å². The number of carbonyl (C=O) groups is 3. The minimum absolute atomic E-state index is 0.0690. The second kappa shape index (κ2) is 22.5. The summed E-state index contributed by atoms with van der Waals surface area (Å²) in [5, 5.41) is 27.2. The molecule has 32 heavy (non-hydrogen) atoms. The molecule has 0 aliphatic rings. The van der Waals surface area contributed by atoms with Gasteiger partial charge in [0.1, 0.15) is 0 Å². The fraction of sp³-hybridized carbons (Fsp3) is 0.500. The molecule has 0 aromatic rings. The van der Waals surface area contributed by atoms with E-state index in [0.717, 1.165) is 0 Å². The molecule has 0 fully saturated rings. The van der Waals surface area contributed by atoms with Crippen molar-refractivity contribution >= 4 is 43.8 Å². The molecule has 20 heteroatoms. The minimum Gasteiger partial charge on any atom is -0.392 e. The smallest absolute Gasteiger partial charge is 0.392 e. The highest BCUT2D eigenvalue weighted by Gasteiger charge is 2.01. The quantitative estimate of drug-likeness (QED) is 0.0543. The topological polar surface area (TPSA) is 342 Å². The first-order chi connectivity index (χ1) is 14.5. The number of esters is 3. The second-order valence-electron chi connectivity index (χ2n) is 4.62. The molecule has 0 rings (SSSR count). The Hall–Kier alpha value is -3.19. The normalized spacial score (nSPS) is 9.06. The van der Waals surface area contributed by atoms with Crippen molar-refractivity contribution in [3.8, 4) is 0 Å². The zero-order valence-corrected chi connectivity index (χ0v) is 18.4. The Morgan fingerprint density at radius 3 is 0.938 bits per heavy atom. The predicted octanol–water partition coefficient (Wildman–Crippen LogP) is -5.00. The standard InChI is InChI=1S/3C4H9N3O2.H3O4P/c3*1-7-2-3(8)9-4(5)6;1-5(2,3)4/h3*7H,2H2,1H3,(H3,5,6);(H3,1,2,3,4). The first-order valence-electron chi connectivity index (χ1n) is 7.86. The molecule has 0 saturated carbocycles. The largest absolute Gasteiger partial charge is 0.466 e. The van der Waals surface area contributed by atoms with Crippen LogP contribution in [-0.2, 0) is 33.2 Å². The molecular weight excluding hydrogens is 461 g/mol. The number of hydrogen-bond donors (Lipinski definition) is 12. The molecule has 15 N–H and O–H groups in total. The zero-order valence-electron chi connectivity index (χ0n) is 17.5. The van der Waals surface area contributed by atoms with Crippen LogP contribution >= 0.6 is 7.82 Å². The summed E-state index contributed by atoms with van der Waals surface area (Å²) in [4.78, 5) is 52.6. The van der Waals surface area contributed by atoms with E-state index in [0.29, 0.717) is 0 Å². The summed E-state index contributed by atoms with van der Waals surface area (Å²) in [7, 11) is 0.157. The number of rotatable bonds is 6. The van der Waals surface area contributed by atoms with Gasteiger partial charge in [-0.25, -0.2) is 4.57 Å². The van der Waals surface area contributed by atoms with Gasteiger partial charge in [-0.05, 0) is 21.1 Å². The first-order valence-corrected chi connectivity index (χ1v) is 9.42. The minimum atomic E-state index is -4.64. The highest BCUT2D eigenvalue weighted by atomic mass is 31.2. The van der Waals surface area contributed by atoms with Gasteiger partial charge in [0.05, 0.1) is 19.6 Å². The van der Waals surface area contributed by atoms with E-state index in [4.69, 9.17) is 52.7 Å². The average molecular weight is 491 g/mol. The van der Waals surface area contributed by atoms with Gasteiger partial charge in [0.25, 0.3) is 18.1 Å². The molecular formula is C12H30N9O10P. The Morgan fingerprint density at radius 2 is 0.844 bits per heavy atom. The van der Waals surface area contributed by atoms with Gasteiger partial charge in [-0.15, -0.1) is 0 Å². The highest BCUT2D eigenvalue weighted by molar-refractivity contribution is 7.45. The lowest BCUT2D eigenvalue weighted by atomic mass is 10.7. The number of phosphoric acid groups is 1. The van der Waals surface area contributed by atoms with Crippen LogP contribution in [0.5, 0.6) is 0 Å². The van der Waals surface area contributed by atoms with Gasteiger partial charge >= 0.3 is 25.7 Å². The van der Waals surface area contributed by atoms with Crippen molar-refractivity contribution < 1.29 is 47.8 Å². The van der Waals surface area contributed by atoms with Gasteiger partial charge in [0, 0.05) is 0 Å². The first kappa shape index (κ1) is 36.2. The molecule has 0 aliphatic heterocycles. The summed E-state index contributed by atoms with van der Waals surface area (Å²) in [5.74, 6) is -1.65. The SMILES string of the molecule is CNCC(=O)OC(=N)N.CNCC(=O)OC(=N)N.CNCC(=O)OC(=N)N.O=P(O)(O)O. The van der Waals surface area contributed by atoms with Crippen molar-refractivity contribution in [3.05, 3.63) is 0 Å². The summed E-state index contributed by atoms with van der Waals surface area (Å²) in [5.41, 5.74) is 14.2. The van der Waals surface area contributed by atoms with Crippen molar-refractivity contribution in [2.24, 2.45) is 17.2 Å². The lowest BCUT2D eigenvalue weighted by molar-refractivity contribution is -0.135. The number of ether oxygens (including phenoxy) is 3. The van der Waals surface area contributed by atoms with Gasteiger partial charge in [0.2, 0.25) is 0 Å². The summed E-state index contributed by atoms with van der Waals surface area (Å²) in [6.07, 6.45) is 0. The predicted molar refractivity (Wildman–Crippen MR) is 110 cm³/mol. The van der Waals surface area contributed by atoms with Gasteiger partial charge in [-0.1, -0.05) is 0 Å². The van der Waals surface area contributed by atoms with Crippen LogP contribution in [-0.4, -0.2) is 91.4 Å². The molecule has 0 saturated heterocycles. The van der Waals surface area contributed by atoms with E-state index in [9.17, 15) is 14.4 Å². The maximum Gasteiger partial charge on any atom is 0.466 e. The third-order valence-corrected chi connectivity index (χ3v) is 1.63. The molecule has 0 aromatic carbocycles. The number of nitrogens with one attached hydrogen (secondary N) is 6. The monoisotopic (exact) mass is 491 g/mol. The van der Waals surface area contributed by atoms with Crippen LogP contribution in [0, 0.1) is 16.2 Å². The van der Waals surface area contributed by atoms with Crippen LogP contribution in [0.25, 0.3) is 0 Å². The van der Waals surface area contributed by atoms with Crippen LogP contribution in [0.1, 0.15) is 0 Å². The number of nitrogens with two attached hydrogens (primary N) is 3. The highest BCUT2D eigenvalue weighted by Crippen LogP contribution is 2.25. The summed E-state index contributed by atoms with van der Waals surface area (Å²) < 4.78 is 21.3. The lowest BCUT2D eigenvalue weighted by Gasteiger charge is -1.97. The third-order valence-electron chi connectivity index (χ3n) is 1.63. The third kappa shape index (κ3) is 56.3. The number of amidine groups is 3. The number of carbonyl (C=O) groups excluding carboxylic acids is 3. The van der Waals surface area contributed by atoms with Crippen LogP contribution in [0.2, 0.25) is 0 Å². The Morgan fingerprint density at radius 1 is 0.688 bits per heavy atom. The van der Waals surface area contributed by atoms with Crippen molar-refractivity contribution in [1.82, 2.24) is 16.0 Å². The summed E-state index contributed by atoms with van der Waals surface area (Å²) in [6, 6.07) is -1.72. The van der Waals surface area contributed by atoms with E-state index in [1.165, 1.54) is 0 Å². The van der Waals surface area contributed by atoms with Crippen molar-refractivity contribution in [2.45, 2.75) is 0 Å². The van der Waals surface area contributed by atoms with E-state index in [1.807, 2.05) is 0 Å². The molecule has 0 aliphatic carbocycles. The van der Waals surface area contributed by atoms with Crippen LogP contribution in [0.3, 0.4) is 0 Å². The molecule has 19 nitrogen and oxygen atoms in total. The maximum atomic E-state index is 10.3.